The van der Waals surface area contributed by atoms with Gasteiger partial charge in [-0.3, -0.25) is 0 Å². The fraction of sp³-hybridized carbons (Fsp3) is 0.429. The maximum atomic E-state index is 13.0. The normalized spacial score (nSPS) is 16.3. The summed E-state index contributed by atoms with van der Waals surface area (Å²) in [6.45, 7) is 4.92. The van der Waals surface area contributed by atoms with Gasteiger partial charge in [-0.25, -0.2) is 19.6 Å². The van der Waals surface area contributed by atoms with Crippen LogP contribution >= 0.6 is 0 Å². The molecule has 0 aliphatic carbocycles. The number of urea groups is 1. The topological polar surface area (TPSA) is 120 Å². The second-order valence-corrected chi connectivity index (χ2v) is 7.42. The Balaban J connectivity index is 1.77. The van der Waals surface area contributed by atoms with Crippen molar-refractivity contribution in [1.82, 2.24) is 14.9 Å². The van der Waals surface area contributed by atoms with E-state index < -0.39 is 5.97 Å². The van der Waals surface area contributed by atoms with E-state index in [2.05, 4.69) is 15.3 Å². The van der Waals surface area contributed by atoms with Gasteiger partial charge in [0.1, 0.15) is 5.75 Å². The predicted molar refractivity (Wildman–Crippen MR) is 113 cm³/mol. The number of hydrogen-bond donors (Lipinski definition) is 2. The molecule has 0 radical (unpaired) electrons. The van der Waals surface area contributed by atoms with Crippen LogP contribution in [0.2, 0.25) is 0 Å². The molecule has 2 amide bonds. The highest BCUT2D eigenvalue weighted by Gasteiger charge is 2.26. The van der Waals surface area contributed by atoms with Crippen LogP contribution in [0, 0.1) is 0 Å². The summed E-state index contributed by atoms with van der Waals surface area (Å²) in [5.41, 5.74) is 7.28. The predicted octanol–water partition coefficient (Wildman–Crippen LogP) is 3.04. The number of piperidine rings is 1. The number of carbonyl (C=O) groups excluding carboxylic acids is 2. The number of nitrogens with two attached hydrogens (primary N) is 1. The van der Waals surface area contributed by atoms with Gasteiger partial charge < -0.3 is 25.4 Å². The molecule has 1 atom stereocenters. The van der Waals surface area contributed by atoms with Crippen molar-refractivity contribution in [3.8, 4) is 5.75 Å². The first-order chi connectivity index (χ1) is 14.4. The summed E-state index contributed by atoms with van der Waals surface area (Å²) in [6.07, 6.45) is 3.30. The number of hydrogen-bond acceptors (Lipinski definition) is 7. The Morgan fingerprint density at radius 3 is 2.80 bits per heavy atom. The number of amides is 2. The lowest BCUT2D eigenvalue weighted by Gasteiger charge is -2.32. The molecule has 1 saturated heterocycles. The third kappa shape index (κ3) is 5.16. The highest BCUT2D eigenvalue weighted by molar-refractivity contribution is 5.95. The molecule has 1 fully saturated rings. The van der Waals surface area contributed by atoms with Gasteiger partial charge in [0.15, 0.2) is 0 Å². The number of rotatable bonds is 5. The monoisotopic (exact) mass is 413 g/mol. The van der Waals surface area contributed by atoms with E-state index >= 15 is 0 Å². The van der Waals surface area contributed by atoms with E-state index in [1.54, 1.807) is 29.3 Å². The Hall–Kier alpha value is -3.36. The number of aromatic nitrogens is 2. The average Bonchev–Trinajstić information content (AvgIpc) is 2.74. The number of esters is 1. The summed E-state index contributed by atoms with van der Waals surface area (Å²) in [5.74, 6) is 0.316. The molecule has 1 aliphatic heterocycles. The van der Waals surface area contributed by atoms with Crippen LogP contribution in [-0.4, -0.2) is 53.2 Å². The zero-order valence-electron chi connectivity index (χ0n) is 17.4. The molecule has 3 N–H and O–H groups in total. The molecule has 0 saturated carbocycles. The highest BCUT2D eigenvalue weighted by atomic mass is 16.5. The van der Waals surface area contributed by atoms with Crippen molar-refractivity contribution in [2.75, 3.05) is 31.2 Å². The van der Waals surface area contributed by atoms with Gasteiger partial charge in [-0.2, -0.15) is 0 Å². The lowest BCUT2D eigenvalue weighted by atomic mass is 9.95. The van der Waals surface area contributed by atoms with E-state index in [1.165, 1.54) is 7.11 Å². The first-order valence-electron chi connectivity index (χ1n) is 9.90. The van der Waals surface area contributed by atoms with Gasteiger partial charge in [0.05, 0.1) is 30.2 Å². The summed E-state index contributed by atoms with van der Waals surface area (Å²) in [6, 6.07) is 6.39. The van der Waals surface area contributed by atoms with Gasteiger partial charge >= 0.3 is 12.0 Å². The minimum atomic E-state index is -0.485. The quantitative estimate of drug-likeness (QED) is 0.723. The Morgan fingerprint density at radius 1 is 1.30 bits per heavy atom. The summed E-state index contributed by atoms with van der Waals surface area (Å²) < 4.78 is 10.6. The Kier molecular flexibility index (Phi) is 6.71. The minimum Gasteiger partial charge on any atom is -0.489 e. The largest absolute Gasteiger partial charge is 0.489 e. The van der Waals surface area contributed by atoms with Crippen LogP contribution in [-0.2, 0) is 4.74 Å². The number of anilines is 2. The zero-order valence-corrected chi connectivity index (χ0v) is 17.4. The second-order valence-electron chi connectivity index (χ2n) is 7.42. The van der Waals surface area contributed by atoms with E-state index in [0.29, 0.717) is 30.1 Å². The molecule has 9 heteroatoms. The molecule has 2 aromatic rings. The first kappa shape index (κ1) is 21.4. The van der Waals surface area contributed by atoms with E-state index in [9.17, 15) is 9.59 Å². The Bertz CT molecular complexity index is 918. The van der Waals surface area contributed by atoms with Crippen LogP contribution in [0.4, 0.5) is 16.4 Å². The summed E-state index contributed by atoms with van der Waals surface area (Å²) >= 11 is 0. The van der Waals surface area contributed by atoms with Crippen molar-refractivity contribution in [1.29, 1.82) is 0 Å². The van der Waals surface area contributed by atoms with Crippen LogP contribution in [0.25, 0.3) is 0 Å². The molecule has 1 aliphatic rings. The van der Waals surface area contributed by atoms with Gasteiger partial charge in [-0.1, -0.05) is 0 Å². The van der Waals surface area contributed by atoms with Gasteiger partial charge in [0.25, 0.3) is 0 Å². The van der Waals surface area contributed by atoms with Crippen molar-refractivity contribution in [2.45, 2.75) is 38.7 Å². The molecular formula is C21H27N5O4. The highest BCUT2D eigenvalue weighted by Crippen LogP contribution is 2.30. The molecular weight excluding hydrogens is 386 g/mol. The first-order valence-corrected chi connectivity index (χ1v) is 9.90. The van der Waals surface area contributed by atoms with Crippen LogP contribution in [0.3, 0.4) is 0 Å². The van der Waals surface area contributed by atoms with Crippen molar-refractivity contribution in [3.63, 3.8) is 0 Å². The van der Waals surface area contributed by atoms with Crippen LogP contribution in [0.5, 0.6) is 5.75 Å². The van der Waals surface area contributed by atoms with Gasteiger partial charge in [-0.15, -0.1) is 0 Å². The fourth-order valence-corrected chi connectivity index (χ4v) is 3.44. The number of nitrogens with one attached hydrogen (secondary N) is 1. The van der Waals surface area contributed by atoms with E-state index in [-0.39, 0.29) is 24.0 Å². The van der Waals surface area contributed by atoms with E-state index in [0.717, 1.165) is 18.5 Å². The maximum absolute atomic E-state index is 13.0. The molecule has 160 valence electrons. The van der Waals surface area contributed by atoms with Crippen molar-refractivity contribution >= 4 is 23.6 Å². The van der Waals surface area contributed by atoms with Gasteiger partial charge in [0, 0.05) is 25.2 Å². The number of carbonyl (C=O) groups is 2. The Morgan fingerprint density at radius 2 is 2.10 bits per heavy atom. The summed E-state index contributed by atoms with van der Waals surface area (Å²) in [5, 5.41) is 2.89. The molecule has 2 heterocycles. The molecule has 9 nitrogen and oxygen atoms in total. The van der Waals surface area contributed by atoms with Crippen molar-refractivity contribution in [2.24, 2.45) is 0 Å². The van der Waals surface area contributed by atoms with Crippen LogP contribution < -0.4 is 15.8 Å². The SMILES string of the molecule is COC(=O)c1ccc(OC(C)C)c(NC(=O)N2CCC[C@@H](c3ccnc(N)n3)C2)c1. The molecule has 0 unspecified atom stereocenters. The molecule has 0 bridgehead atoms. The third-order valence-electron chi connectivity index (χ3n) is 4.83. The molecule has 1 aromatic heterocycles. The smallest absolute Gasteiger partial charge is 0.337 e. The standard InChI is InChI=1S/C21H27N5O4/c1-13(2)30-18-7-6-14(19(27)29-3)11-17(18)25-21(28)26-10-4-5-15(12-26)16-8-9-23-20(22)24-16/h6-9,11,13,15H,4-5,10,12H2,1-3H3,(H,25,28)(H2,22,23,24)/t15-/m1/s1. The van der Waals surface area contributed by atoms with Gasteiger partial charge in [-0.05, 0) is 51.0 Å². The van der Waals surface area contributed by atoms with E-state index in [4.69, 9.17) is 15.2 Å². The number of nitrogens with zero attached hydrogens (tertiary/aromatic N) is 3. The number of benzene rings is 1. The number of ether oxygens (including phenoxy) is 2. The number of methoxy groups -OCH3 is 1. The maximum Gasteiger partial charge on any atom is 0.337 e. The number of nitrogen functional groups attached to an aromatic ring is 1. The zero-order chi connectivity index (χ0) is 21.7. The lowest BCUT2D eigenvalue weighted by molar-refractivity contribution is 0.0600. The fourth-order valence-electron chi connectivity index (χ4n) is 3.44. The molecule has 30 heavy (non-hydrogen) atoms. The van der Waals surface area contributed by atoms with Gasteiger partial charge in [0.2, 0.25) is 5.95 Å². The molecule has 3 rings (SSSR count). The summed E-state index contributed by atoms with van der Waals surface area (Å²) in [7, 11) is 1.31. The van der Waals surface area contributed by atoms with Crippen molar-refractivity contribution < 1.29 is 19.1 Å². The Labute approximate surface area is 175 Å². The van der Waals surface area contributed by atoms with Crippen LogP contribution in [0.15, 0.2) is 30.5 Å². The second kappa shape index (κ2) is 9.43. The minimum absolute atomic E-state index is 0.0857. The van der Waals surface area contributed by atoms with Crippen molar-refractivity contribution in [3.05, 3.63) is 41.7 Å². The summed E-state index contributed by atoms with van der Waals surface area (Å²) in [4.78, 5) is 34.9. The van der Waals surface area contributed by atoms with E-state index in [1.807, 2.05) is 19.9 Å². The molecule has 1 aromatic carbocycles. The third-order valence-corrected chi connectivity index (χ3v) is 4.83. The average molecular weight is 413 g/mol. The molecule has 0 spiro atoms. The van der Waals surface area contributed by atoms with Crippen LogP contribution in [0.1, 0.15) is 48.7 Å². The number of likely N-dealkylation sites (tertiary alicyclic amines) is 1. The lowest BCUT2D eigenvalue weighted by Crippen LogP contribution is -2.42.